The molecule has 120 valence electrons. The second-order valence-corrected chi connectivity index (χ2v) is 5.68. The number of nitrogens with one attached hydrogen (secondary N) is 1. The first-order chi connectivity index (χ1) is 10.9. The van der Waals surface area contributed by atoms with Crippen LogP contribution < -0.4 is 11.1 Å². The van der Waals surface area contributed by atoms with Crippen LogP contribution in [-0.4, -0.2) is 25.3 Å². The molecule has 1 N–H and O–H groups in total. The summed E-state index contributed by atoms with van der Waals surface area (Å²) < 4.78 is 1.49. The summed E-state index contributed by atoms with van der Waals surface area (Å²) in [6.45, 7) is 4.20. The molecule has 2 aromatic rings. The van der Waals surface area contributed by atoms with Crippen LogP contribution >= 0.6 is 0 Å². The van der Waals surface area contributed by atoms with Gasteiger partial charge in [0.2, 0.25) is 5.56 Å². The molecular weight excluding hydrogens is 296 g/mol. The van der Waals surface area contributed by atoms with Crippen LogP contribution in [0.25, 0.3) is 0 Å². The minimum atomic E-state index is -0.228. The van der Waals surface area contributed by atoms with E-state index >= 15 is 0 Å². The molecule has 0 saturated carbocycles. The van der Waals surface area contributed by atoms with Gasteiger partial charge in [-0.25, -0.2) is 4.98 Å². The number of carbonyl (C=O) groups excluding carboxylic acids is 1. The Kier molecular flexibility index (Phi) is 3.63. The smallest absolute Gasteiger partial charge is 0.258 e. The number of carbonyl (C=O) groups is 1. The van der Waals surface area contributed by atoms with Crippen molar-refractivity contribution in [1.29, 1.82) is 0 Å². The molecule has 0 bridgehead atoms. The van der Waals surface area contributed by atoms with E-state index in [0.717, 1.165) is 0 Å². The Hall–Kier alpha value is -2.70. The van der Waals surface area contributed by atoms with E-state index < -0.39 is 0 Å². The SMILES string of the molecule is CCc1[nH]c(=O)ccc1C(=O)N1Cc2nc(C)n(C)c(=O)c2C1. The Morgan fingerprint density at radius 2 is 2.04 bits per heavy atom. The first kappa shape index (κ1) is 15.2. The molecule has 1 aliphatic rings. The third-order valence-electron chi connectivity index (χ3n) is 4.25. The molecule has 7 nitrogen and oxygen atoms in total. The molecule has 0 unspecified atom stereocenters. The second kappa shape index (κ2) is 5.49. The van der Waals surface area contributed by atoms with Gasteiger partial charge in [0.1, 0.15) is 5.82 Å². The van der Waals surface area contributed by atoms with E-state index in [9.17, 15) is 14.4 Å². The molecule has 1 aliphatic heterocycles. The Morgan fingerprint density at radius 3 is 2.74 bits per heavy atom. The molecule has 3 rings (SSSR count). The highest BCUT2D eigenvalue weighted by Crippen LogP contribution is 2.21. The number of aromatic amines is 1. The van der Waals surface area contributed by atoms with E-state index in [1.807, 2.05) is 6.92 Å². The van der Waals surface area contributed by atoms with E-state index in [-0.39, 0.29) is 23.6 Å². The Balaban J connectivity index is 1.97. The zero-order valence-electron chi connectivity index (χ0n) is 13.3. The number of fused-ring (bicyclic) bond motifs is 1. The number of amides is 1. The highest BCUT2D eigenvalue weighted by molar-refractivity contribution is 5.95. The number of hydrogen-bond acceptors (Lipinski definition) is 4. The molecule has 3 heterocycles. The van der Waals surface area contributed by atoms with Gasteiger partial charge in [0, 0.05) is 18.8 Å². The van der Waals surface area contributed by atoms with E-state index in [2.05, 4.69) is 9.97 Å². The van der Waals surface area contributed by atoms with E-state index in [4.69, 9.17) is 0 Å². The largest absolute Gasteiger partial charge is 0.328 e. The van der Waals surface area contributed by atoms with Gasteiger partial charge in [-0.1, -0.05) is 6.92 Å². The summed E-state index contributed by atoms with van der Waals surface area (Å²) in [7, 11) is 1.67. The van der Waals surface area contributed by atoms with Crippen molar-refractivity contribution >= 4 is 5.91 Å². The van der Waals surface area contributed by atoms with Gasteiger partial charge in [0.25, 0.3) is 11.5 Å². The van der Waals surface area contributed by atoms with Crippen LogP contribution in [0.15, 0.2) is 21.7 Å². The van der Waals surface area contributed by atoms with Crippen molar-refractivity contribution in [3.63, 3.8) is 0 Å². The predicted octanol–water partition coefficient (Wildman–Crippen LogP) is 0.495. The van der Waals surface area contributed by atoms with Gasteiger partial charge in [-0.3, -0.25) is 19.0 Å². The van der Waals surface area contributed by atoms with Crippen molar-refractivity contribution < 1.29 is 4.79 Å². The van der Waals surface area contributed by atoms with Crippen LogP contribution in [0.2, 0.25) is 0 Å². The van der Waals surface area contributed by atoms with Crippen molar-refractivity contribution in [3.05, 3.63) is 61.2 Å². The van der Waals surface area contributed by atoms with E-state index in [1.54, 1.807) is 24.9 Å². The minimum Gasteiger partial charge on any atom is -0.328 e. The molecule has 23 heavy (non-hydrogen) atoms. The number of aromatic nitrogens is 3. The molecule has 0 fully saturated rings. The fourth-order valence-corrected chi connectivity index (χ4v) is 2.84. The number of hydrogen-bond donors (Lipinski definition) is 1. The third-order valence-corrected chi connectivity index (χ3v) is 4.25. The average molecular weight is 314 g/mol. The maximum atomic E-state index is 12.8. The Bertz CT molecular complexity index is 911. The first-order valence-corrected chi connectivity index (χ1v) is 7.49. The zero-order valence-corrected chi connectivity index (χ0v) is 13.3. The van der Waals surface area contributed by atoms with Crippen molar-refractivity contribution in [2.75, 3.05) is 0 Å². The topological polar surface area (TPSA) is 88.1 Å². The quantitative estimate of drug-likeness (QED) is 0.874. The predicted molar refractivity (Wildman–Crippen MR) is 84.2 cm³/mol. The monoisotopic (exact) mass is 314 g/mol. The molecule has 7 heteroatoms. The van der Waals surface area contributed by atoms with Gasteiger partial charge in [-0.2, -0.15) is 0 Å². The summed E-state index contributed by atoms with van der Waals surface area (Å²) in [5, 5.41) is 0. The standard InChI is InChI=1S/C16H18N4O3/c1-4-12-10(5-6-14(21)18-12)16(23)20-7-11-13(8-20)17-9(2)19(3)15(11)22/h5-6H,4,7-8H2,1-3H3,(H,18,21). The van der Waals surface area contributed by atoms with Gasteiger partial charge in [-0.15, -0.1) is 0 Å². The fraction of sp³-hybridized carbons (Fsp3) is 0.375. The molecule has 0 aromatic carbocycles. The number of pyridine rings is 1. The first-order valence-electron chi connectivity index (χ1n) is 7.49. The van der Waals surface area contributed by atoms with E-state index in [1.165, 1.54) is 10.6 Å². The Labute approximate surface area is 132 Å². The molecule has 0 spiro atoms. The Morgan fingerprint density at radius 1 is 1.30 bits per heavy atom. The van der Waals surface area contributed by atoms with Crippen molar-refractivity contribution in [3.8, 4) is 0 Å². The maximum Gasteiger partial charge on any atom is 0.258 e. The molecule has 0 radical (unpaired) electrons. The van der Waals surface area contributed by atoms with Crippen LogP contribution in [0, 0.1) is 6.92 Å². The number of rotatable bonds is 2. The summed E-state index contributed by atoms with van der Waals surface area (Å²) in [5.74, 6) is 0.428. The van der Waals surface area contributed by atoms with Gasteiger partial charge < -0.3 is 9.88 Å². The molecule has 0 atom stereocenters. The van der Waals surface area contributed by atoms with Gasteiger partial charge in [0.05, 0.1) is 29.9 Å². The summed E-state index contributed by atoms with van der Waals surface area (Å²) in [6.07, 6.45) is 0.553. The number of nitrogens with zero attached hydrogens (tertiary/aromatic N) is 3. The maximum absolute atomic E-state index is 12.8. The molecule has 2 aromatic heterocycles. The van der Waals surface area contributed by atoms with Crippen molar-refractivity contribution in [2.45, 2.75) is 33.4 Å². The van der Waals surface area contributed by atoms with Gasteiger partial charge >= 0.3 is 0 Å². The van der Waals surface area contributed by atoms with Crippen LogP contribution in [-0.2, 0) is 26.6 Å². The van der Waals surface area contributed by atoms with Crippen molar-refractivity contribution in [1.82, 2.24) is 19.4 Å². The summed E-state index contributed by atoms with van der Waals surface area (Å²) in [5.41, 5.74) is 1.95. The van der Waals surface area contributed by atoms with Crippen LogP contribution in [0.1, 0.15) is 40.1 Å². The van der Waals surface area contributed by atoms with Crippen LogP contribution in [0.3, 0.4) is 0 Å². The molecule has 0 aliphatic carbocycles. The lowest BCUT2D eigenvalue weighted by Gasteiger charge is -2.16. The average Bonchev–Trinajstić information content (AvgIpc) is 2.96. The van der Waals surface area contributed by atoms with Crippen molar-refractivity contribution in [2.24, 2.45) is 7.05 Å². The summed E-state index contributed by atoms with van der Waals surface area (Å²) in [4.78, 5) is 45.1. The zero-order chi connectivity index (χ0) is 16.7. The lowest BCUT2D eigenvalue weighted by atomic mass is 10.1. The highest BCUT2D eigenvalue weighted by atomic mass is 16.2. The molecular formula is C16H18N4O3. The lowest BCUT2D eigenvalue weighted by molar-refractivity contribution is 0.0748. The highest BCUT2D eigenvalue weighted by Gasteiger charge is 2.29. The number of aryl methyl sites for hydroxylation is 2. The summed E-state index contributed by atoms with van der Waals surface area (Å²) in [6, 6.07) is 2.89. The molecule has 1 amide bonds. The number of H-pyrrole nitrogens is 1. The summed E-state index contributed by atoms with van der Waals surface area (Å²) >= 11 is 0. The van der Waals surface area contributed by atoms with Crippen LogP contribution in [0.4, 0.5) is 0 Å². The van der Waals surface area contributed by atoms with Crippen LogP contribution in [0.5, 0.6) is 0 Å². The van der Waals surface area contributed by atoms with E-state index in [0.29, 0.717) is 41.3 Å². The minimum absolute atomic E-state index is 0.111. The second-order valence-electron chi connectivity index (χ2n) is 5.68. The van der Waals surface area contributed by atoms with Gasteiger partial charge in [0.15, 0.2) is 0 Å². The lowest BCUT2D eigenvalue weighted by Crippen LogP contribution is -2.29. The fourth-order valence-electron chi connectivity index (χ4n) is 2.84. The van der Waals surface area contributed by atoms with Gasteiger partial charge in [-0.05, 0) is 19.4 Å². The normalized spacial score (nSPS) is 13.3. The molecule has 0 saturated heterocycles. The third kappa shape index (κ3) is 2.48.